The van der Waals surface area contributed by atoms with Crippen LogP contribution in [0.15, 0.2) is 12.1 Å². The minimum absolute atomic E-state index is 0.479. The number of benzene rings is 1. The van der Waals surface area contributed by atoms with Crippen molar-refractivity contribution in [1.82, 2.24) is 5.32 Å². The number of aliphatic carboxylic acids is 1. The fourth-order valence-corrected chi connectivity index (χ4v) is 1.67. The molecule has 0 saturated carbocycles. The summed E-state index contributed by atoms with van der Waals surface area (Å²) in [5, 5.41) is 11.0. The lowest BCUT2D eigenvalue weighted by atomic mass is 10.0. The Bertz CT molecular complexity index is 584. The Balaban J connectivity index is 3.06. The molecule has 122 valence electrons. The number of amides is 1. The molecule has 1 atom stereocenters. The zero-order chi connectivity index (χ0) is 17.1. The summed E-state index contributed by atoms with van der Waals surface area (Å²) in [6.07, 6.45) is -1.72. The third-order valence-electron chi connectivity index (χ3n) is 2.51. The van der Waals surface area contributed by atoms with Crippen molar-refractivity contribution in [3.05, 3.63) is 35.1 Å². The number of ether oxygens (including phenoxy) is 1. The highest BCUT2D eigenvalue weighted by molar-refractivity contribution is 5.72. The van der Waals surface area contributed by atoms with Crippen molar-refractivity contribution < 1.29 is 32.6 Å². The van der Waals surface area contributed by atoms with E-state index in [0.717, 1.165) is 6.07 Å². The van der Waals surface area contributed by atoms with E-state index < -0.39 is 53.1 Å². The van der Waals surface area contributed by atoms with Gasteiger partial charge >= 0.3 is 12.1 Å². The molecule has 0 spiro atoms. The average Bonchev–Trinajstić information content (AvgIpc) is 2.32. The zero-order valence-electron chi connectivity index (χ0n) is 12.2. The van der Waals surface area contributed by atoms with Gasteiger partial charge in [0.25, 0.3) is 0 Å². The molecule has 0 aromatic heterocycles. The second-order valence-corrected chi connectivity index (χ2v) is 5.56. The Morgan fingerprint density at radius 1 is 1.23 bits per heavy atom. The van der Waals surface area contributed by atoms with Gasteiger partial charge in [-0.25, -0.2) is 18.0 Å². The third kappa shape index (κ3) is 4.94. The first-order chi connectivity index (χ1) is 10.0. The molecular formula is C14H16F3NO4. The van der Waals surface area contributed by atoms with Crippen molar-refractivity contribution in [2.75, 3.05) is 0 Å². The van der Waals surface area contributed by atoms with Crippen LogP contribution in [0.4, 0.5) is 18.0 Å². The van der Waals surface area contributed by atoms with E-state index in [2.05, 4.69) is 5.32 Å². The molecule has 0 fully saturated rings. The number of alkyl carbamates (subject to hydrolysis) is 1. The Labute approximate surface area is 125 Å². The number of hydrogen-bond acceptors (Lipinski definition) is 3. The summed E-state index contributed by atoms with van der Waals surface area (Å²) in [5.41, 5.74) is -1.34. The highest BCUT2D eigenvalue weighted by Gasteiger charge is 2.26. The number of carbonyl (C=O) groups excluding carboxylic acids is 1. The summed E-state index contributed by atoms with van der Waals surface area (Å²) < 4.78 is 44.9. The van der Waals surface area contributed by atoms with Crippen molar-refractivity contribution in [3.8, 4) is 0 Å². The Morgan fingerprint density at radius 3 is 2.32 bits per heavy atom. The predicted octanol–water partition coefficient (Wildman–Crippen LogP) is 3.14. The van der Waals surface area contributed by atoms with Crippen LogP contribution in [0.3, 0.4) is 0 Å². The highest BCUT2D eigenvalue weighted by atomic mass is 19.2. The van der Waals surface area contributed by atoms with Crippen molar-refractivity contribution in [2.24, 2.45) is 0 Å². The van der Waals surface area contributed by atoms with Gasteiger partial charge in [-0.15, -0.1) is 0 Å². The van der Waals surface area contributed by atoms with Gasteiger partial charge in [-0.2, -0.15) is 0 Å². The van der Waals surface area contributed by atoms with E-state index >= 15 is 0 Å². The van der Waals surface area contributed by atoms with E-state index in [1.165, 1.54) is 0 Å². The number of nitrogens with one attached hydrogen (secondary N) is 1. The van der Waals surface area contributed by atoms with Crippen LogP contribution in [0.5, 0.6) is 0 Å². The number of carbonyl (C=O) groups is 2. The number of carboxylic acid groups (broad SMARTS) is 1. The molecule has 0 bridgehead atoms. The smallest absolute Gasteiger partial charge is 0.408 e. The summed E-state index contributed by atoms with van der Waals surface area (Å²) >= 11 is 0. The molecule has 0 radical (unpaired) electrons. The standard InChI is InChI=1S/C14H16F3NO4/c1-14(2,3)22-13(21)18-9(6-10(19)20)7-4-5-8(15)12(17)11(7)16/h4-5,9H,6H2,1-3H3,(H,18,21)(H,19,20)/t9-/m0/s1. The SMILES string of the molecule is CC(C)(C)OC(=O)N[C@@H](CC(=O)O)c1ccc(F)c(F)c1F. The molecule has 0 aliphatic carbocycles. The first-order valence-corrected chi connectivity index (χ1v) is 6.36. The minimum atomic E-state index is -1.74. The molecule has 5 nitrogen and oxygen atoms in total. The van der Waals surface area contributed by atoms with Gasteiger partial charge in [-0.1, -0.05) is 6.07 Å². The van der Waals surface area contributed by atoms with Gasteiger partial charge in [0.2, 0.25) is 0 Å². The van der Waals surface area contributed by atoms with E-state index in [9.17, 15) is 22.8 Å². The molecule has 2 N–H and O–H groups in total. The largest absolute Gasteiger partial charge is 0.481 e. The maximum Gasteiger partial charge on any atom is 0.408 e. The van der Waals surface area contributed by atoms with E-state index in [-0.39, 0.29) is 0 Å². The molecule has 0 unspecified atom stereocenters. The zero-order valence-corrected chi connectivity index (χ0v) is 12.2. The maximum absolute atomic E-state index is 13.8. The lowest BCUT2D eigenvalue weighted by Crippen LogP contribution is -2.36. The van der Waals surface area contributed by atoms with E-state index in [1.54, 1.807) is 20.8 Å². The number of hydrogen-bond donors (Lipinski definition) is 2. The van der Waals surface area contributed by atoms with Crippen LogP contribution in [0.25, 0.3) is 0 Å². The van der Waals surface area contributed by atoms with E-state index in [0.29, 0.717) is 6.07 Å². The molecule has 1 amide bonds. The summed E-state index contributed by atoms with van der Waals surface area (Å²) in [7, 11) is 0. The van der Waals surface area contributed by atoms with Crippen LogP contribution in [0, 0.1) is 17.5 Å². The van der Waals surface area contributed by atoms with Crippen molar-refractivity contribution in [2.45, 2.75) is 38.8 Å². The first-order valence-electron chi connectivity index (χ1n) is 6.36. The molecular weight excluding hydrogens is 303 g/mol. The van der Waals surface area contributed by atoms with Crippen molar-refractivity contribution in [1.29, 1.82) is 0 Å². The van der Waals surface area contributed by atoms with Gasteiger partial charge in [0.05, 0.1) is 12.5 Å². The molecule has 1 aromatic rings. The Kier molecular flexibility index (Phi) is 5.40. The number of rotatable bonds is 4. The molecule has 1 rings (SSSR count). The summed E-state index contributed by atoms with van der Waals surface area (Å²) in [6, 6.07) is 0.125. The van der Waals surface area contributed by atoms with E-state index in [1.807, 2.05) is 0 Å². The highest BCUT2D eigenvalue weighted by Crippen LogP contribution is 2.24. The third-order valence-corrected chi connectivity index (χ3v) is 2.51. The molecule has 0 heterocycles. The van der Waals surface area contributed by atoms with Gasteiger partial charge < -0.3 is 15.2 Å². The Morgan fingerprint density at radius 2 is 1.82 bits per heavy atom. The van der Waals surface area contributed by atoms with Crippen molar-refractivity contribution >= 4 is 12.1 Å². The number of halogens is 3. The quantitative estimate of drug-likeness (QED) is 0.836. The van der Waals surface area contributed by atoms with Crippen LogP contribution >= 0.6 is 0 Å². The average molecular weight is 319 g/mol. The van der Waals surface area contributed by atoms with Gasteiger partial charge in [-0.05, 0) is 26.8 Å². The van der Waals surface area contributed by atoms with Crippen LogP contribution in [0.1, 0.15) is 38.8 Å². The van der Waals surface area contributed by atoms with Gasteiger partial charge in [0.15, 0.2) is 17.5 Å². The second-order valence-electron chi connectivity index (χ2n) is 5.56. The van der Waals surface area contributed by atoms with E-state index in [4.69, 9.17) is 9.84 Å². The maximum atomic E-state index is 13.8. The lowest BCUT2D eigenvalue weighted by molar-refractivity contribution is -0.137. The molecule has 0 aliphatic heterocycles. The van der Waals surface area contributed by atoms with Crippen LogP contribution in [-0.4, -0.2) is 22.8 Å². The summed E-state index contributed by atoms with van der Waals surface area (Å²) in [6.45, 7) is 4.74. The molecule has 0 aliphatic rings. The lowest BCUT2D eigenvalue weighted by Gasteiger charge is -2.23. The molecule has 1 aromatic carbocycles. The number of carboxylic acids is 1. The summed E-state index contributed by atoms with van der Waals surface area (Å²) in [4.78, 5) is 22.5. The monoisotopic (exact) mass is 319 g/mol. The van der Waals surface area contributed by atoms with Crippen LogP contribution in [-0.2, 0) is 9.53 Å². The van der Waals surface area contributed by atoms with Gasteiger partial charge in [0.1, 0.15) is 5.60 Å². The first kappa shape index (κ1) is 17.8. The van der Waals surface area contributed by atoms with Gasteiger partial charge in [-0.3, -0.25) is 4.79 Å². The molecule has 0 saturated heterocycles. The van der Waals surface area contributed by atoms with Gasteiger partial charge in [0, 0.05) is 5.56 Å². The summed E-state index contributed by atoms with van der Waals surface area (Å²) in [5.74, 6) is -6.06. The second kappa shape index (κ2) is 6.67. The Hall–Kier alpha value is -2.25. The molecule has 22 heavy (non-hydrogen) atoms. The normalized spacial score (nSPS) is 12.6. The topological polar surface area (TPSA) is 75.6 Å². The predicted molar refractivity (Wildman–Crippen MR) is 70.7 cm³/mol. The van der Waals surface area contributed by atoms with Crippen LogP contribution < -0.4 is 5.32 Å². The van der Waals surface area contributed by atoms with Crippen LogP contribution in [0.2, 0.25) is 0 Å². The minimum Gasteiger partial charge on any atom is -0.481 e. The molecule has 8 heteroatoms. The fraction of sp³-hybridized carbons (Fsp3) is 0.429. The fourth-order valence-electron chi connectivity index (χ4n) is 1.67. The van der Waals surface area contributed by atoms with Crippen molar-refractivity contribution in [3.63, 3.8) is 0 Å².